The molecule has 3 aromatic rings. The van der Waals surface area contributed by atoms with Gasteiger partial charge >= 0.3 is 12.2 Å². The van der Waals surface area contributed by atoms with Gasteiger partial charge in [0.05, 0.1) is 17.2 Å². The number of halogens is 3. The van der Waals surface area contributed by atoms with E-state index in [0.29, 0.717) is 22.7 Å². The fourth-order valence-corrected chi connectivity index (χ4v) is 2.58. The van der Waals surface area contributed by atoms with Gasteiger partial charge in [-0.1, -0.05) is 12.1 Å². The van der Waals surface area contributed by atoms with E-state index in [1.807, 2.05) is 13.0 Å². The Morgan fingerprint density at radius 2 is 1.63 bits per heavy atom. The SMILES string of the molecule is Cc1ccc(NC(=O)Nc2cccc(C(F)(F)F)c2)cc1Oc1ccc(C#N)cc1. The maximum Gasteiger partial charge on any atom is 0.416 e. The number of aryl methyl sites for hydroxylation is 1. The first kappa shape index (κ1) is 20.7. The summed E-state index contributed by atoms with van der Waals surface area (Å²) in [4.78, 5) is 12.2. The fraction of sp³-hybridized carbons (Fsp3) is 0.0909. The maximum absolute atomic E-state index is 12.8. The Balaban J connectivity index is 1.70. The summed E-state index contributed by atoms with van der Waals surface area (Å²) in [6.07, 6.45) is -4.50. The summed E-state index contributed by atoms with van der Waals surface area (Å²) >= 11 is 0. The molecule has 0 aliphatic rings. The van der Waals surface area contributed by atoms with Gasteiger partial charge in [0.1, 0.15) is 11.5 Å². The lowest BCUT2D eigenvalue weighted by molar-refractivity contribution is -0.137. The lowest BCUT2D eigenvalue weighted by Gasteiger charge is -2.13. The molecule has 3 rings (SSSR count). The van der Waals surface area contributed by atoms with Crippen molar-refractivity contribution in [3.63, 3.8) is 0 Å². The molecule has 0 fully saturated rings. The third kappa shape index (κ3) is 5.29. The highest BCUT2D eigenvalue weighted by molar-refractivity contribution is 5.99. The number of nitrogens with one attached hydrogen (secondary N) is 2. The van der Waals surface area contributed by atoms with Crippen LogP contribution in [0.1, 0.15) is 16.7 Å². The molecule has 0 radical (unpaired) electrons. The van der Waals surface area contributed by atoms with Gasteiger partial charge in [-0.25, -0.2) is 4.79 Å². The highest BCUT2D eigenvalue weighted by Gasteiger charge is 2.30. The predicted molar refractivity (Wildman–Crippen MR) is 106 cm³/mol. The van der Waals surface area contributed by atoms with Gasteiger partial charge in [-0.2, -0.15) is 18.4 Å². The summed E-state index contributed by atoms with van der Waals surface area (Å²) in [5, 5.41) is 13.8. The van der Waals surface area contributed by atoms with Crippen molar-refractivity contribution >= 4 is 17.4 Å². The maximum atomic E-state index is 12.8. The lowest BCUT2D eigenvalue weighted by Crippen LogP contribution is -2.19. The van der Waals surface area contributed by atoms with Crippen molar-refractivity contribution in [1.29, 1.82) is 5.26 Å². The molecule has 3 aromatic carbocycles. The zero-order valence-electron chi connectivity index (χ0n) is 15.7. The van der Waals surface area contributed by atoms with Gasteiger partial charge < -0.3 is 15.4 Å². The smallest absolute Gasteiger partial charge is 0.416 e. The van der Waals surface area contributed by atoms with Gasteiger partial charge in [0.2, 0.25) is 0 Å². The third-order valence-electron chi connectivity index (χ3n) is 4.11. The Morgan fingerprint density at radius 3 is 2.27 bits per heavy atom. The van der Waals surface area contributed by atoms with E-state index in [1.54, 1.807) is 42.5 Å². The summed E-state index contributed by atoms with van der Waals surface area (Å²) in [6, 6.07) is 17.2. The molecular formula is C22H16F3N3O2. The van der Waals surface area contributed by atoms with E-state index in [1.165, 1.54) is 12.1 Å². The normalized spacial score (nSPS) is 10.8. The minimum absolute atomic E-state index is 0.0171. The average Bonchev–Trinajstić information content (AvgIpc) is 2.70. The van der Waals surface area contributed by atoms with Gasteiger partial charge in [0, 0.05) is 17.4 Å². The van der Waals surface area contributed by atoms with Crippen molar-refractivity contribution in [2.75, 3.05) is 10.6 Å². The second-order valence-electron chi connectivity index (χ2n) is 6.38. The molecule has 0 aliphatic heterocycles. The Morgan fingerprint density at radius 1 is 0.967 bits per heavy atom. The summed E-state index contributed by atoms with van der Waals surface area (Å²) in [6.45, 7) is 1.82. The number of anilines is 2. The number of alkyl halides is 3. The van der Waals surface area contributed by atoms with Crippen LogP contribution in [0, 0.1) is 18.3 Å². The van der Waals surface area contributed by atoms with E-state index in [0.717, 1.165) is 17.7 Å². The molecule has 152 valence electrons. The molecule has 0 aliphatic carbocycles. The zero-order chi connectivity index (χ0) is 21.7. The van der Waals surface area contributed by atoms with Crippen molar-refractivity contribution in [3.8, 4) is 17.6 Å². The van der Waals surface area contributed by atoms with Crippen LogP contribution in [0.5, 0.6) is 11.5 Å². The molecule has 30 heavy (non-hydrogen) atoms. The lowest BCUT2D eigenvalue weighted by atomic mass is 10.2. The molecule has 0 atom stereocenters. The summed E-state index contributed by atoms with van der Waals surface area (Å²) in [5.74, 6) is 0.999. The van der Waals surface area contributed by atoms with Crippen molar-refractivity contribution in [2.24, 2.45) is 0 Å². The van der Waals surface area contributed by atoms with E-state index < -0.39 is 17.8 Å². The minimum Gasteiger partial charge on any atom is -0.457 e. The molecule has 2 N–H and O–H groups in total. The topological polar surface area (TPSA) is 74.2 Å². The average molecular weight is 411 g/mol. The van der Waals surface area contributed by atoms with Crippen molar-refractivity contribution in [2.45, 2.75) is 13.1 Å². The Hall–Kier alpha value is -3.99. The van der Waals surface area contributed by atoms with Crippen molar-refractivity contribution in [3.05, 3.63) is 83.4 Å². The number of ether oxygens (including phenoxy) is 1. The molecular weight excluding hydrogens is 395 g/mol. The number of carbonyl (C=O) groups excluding carboxylic acids is 1. The number of hydrogen-bond acceptors (Lipinski definition) is 3. The molecule has 0 heterocycles. The van der Waals surface area contributed by atoms with Gasteiger partial charge in [-0.05, 0) is 61.0 Å². The quantitative estimate of drug-likeness (QED) is 0.527. The van der Waals surface area contributed by atoms with Crippen LogP contribution >= 0.6 is 0 Å². The van der Waals surface area contributed by atoms with Crippen LogP contribution < -0.4 is 15.4 Å². The summed E-state index contributed by atoms with van der Waals surface area (Å²) in [5.41, 5.74) is 0.870. The van der Waals surface area contributed by atoms with Crippen LogP contribution in [-0.4, -0.2) is 6.03 Å². The van der Waals surface area contributed by atoms with Crippen LogP contribution in [0.2, 0.25) is 0 Å². The van der Waals surface area contributed by atoms with Gasteiger partial charge in [-0.3, -0.25) is 0 Å². The van der Waals surface area contributed by atoms with Crippen LogP contribution in [-0.2, 0) is 6.18 Å². The molecule has 2 amide bonds. The molecule has 0 aromatic heterocycles. The third-order valence-corrected chi connectivity index (χ3v) is 4.11. The first-order valence-corrected chi connectivity index (χ1v) is 8.78. The summed E-state index contributed by atoms with van der Waals surface area (Å²) < 4.78 is 44.2. The number of rotatable bonds is 4. The molecule has 5 nitrogen and oxygen atoms in total. The van der Waals surface area contributed by atoms with Gasteiger partial charge in [-0.15, -0.1) is 0 Å². The molecule has 0 spiro atoms. The number of urea groups is 1. The number of nitrogens with zero attached hydrogens (tertiary/aromatic N) is 1. The number of amides is 2. The van der Waals surface area contributed by atoms with Crippen LogP contribution in [0.3, 0.4) is 0 Å². The van der Waals surface area contributed by atoms with Crippen molar-refractivity contribution < 1.29 is 22.7 Å². The van der Waals surface area contributed by atoms with E-state index in [2.05, 4.69) is 10.6 Å². The molecule has 8 heteroatoms. The monoisotopic (exact) mass is 411 g/mol. The van der Waals surface area contributed by atoms with E-state index in [-0.39, 0.29) is 5.69 Å². The standard InChI is InChI=1S/C22H16F3N3O2/c1-14-5-8-18(12-20(14)30-19-9-6-15(13-26)7-10-19)28-21(29)27-17-4-2-3-16(11-17)22(23,24)25/h2-12H,1H3,(H2,27,28,29). The fourth-order valence-electron chi connectivity index (χ4n) is 2.58. The number of nitriles is 1. The highest BCUT2D eigenvalue weighted by atomic mass is 19.4. The van der Waals surface area contributed by atoms with E-state index >= 15 is 0 Å². The Labute approximate surface area is 170 Å². The van der Waals surface area contributed by atoms with E-state index in [9.17, 15) is 18.0 Å². The molecule has 0 saturated carbocycles. The second-order valence-corrected chi connectivity index (χ2v) is 6.38. The Bertz CT molecular complexity index is 1100. The number of benzene rings is 3. The predicted octanol–water partition coefficient (Wildman–Crippen LogP) is 6.32. The van der Waals surface area contributed by atoms with Crippen LogP contribution in [0.4, 0.5) is 29.3 Å². The van der Waals surface area contributed by atoms with Crippen LogP contribution in [0.25, 0.3) is 0 Å². The molecule has 0 unspecified atom stereocenters. The first-order chi connectivity index (χ1) is 14.2. The number of carbonyl (C=O) groups is 1. The zero-order valence-corrected chi connectivity index (χ0v) is 15.7. The largest absolute Gasteiger partial charge is 0.457 e. The molecule has 0 bridgehead atoms. The second kappa shape index (κ2) is 8.57. The van der Waals surface area contributed by atoms with Gasteiger partial charge in [0.25, 0.3) is 0 Å². The Kier molecular flexibility index (Phi) is 5.93. The molecule has 0 saturated heterocycles. The number of hydrogen-bond donors (Lipinski definition) is 2. The summed E-state index contributed by atoms with van der Waals surface area (Å²) in [7, 11) is 0. The minimum atomic E-state index is -4.50. The van der Waals surface area contributed by atoms with Crippen molar-refractivity contribution in [1.82, 2.24) is 0 Å². The van der Waals surface area contributed by atoms with Crippen LogP contribution in [0.15, 0.2) is 66.7 Å². The highest BCUT2D eigenvalue weighted by Crippen LogP contribution is 2.31. The van der Waals surface area contributed by atoms with E-state index in [4.69, 9.17) is 10.00 Å². The first-order valence-electron chi connectivity index (χ1n) is 8.78. The van der Waals surface area contributed by atoms with Gasteiger partial charge in [0.15, 0.2) is 0 Å².